The molecule has 0 heterocycles. The van der Waals surface area contributed by atoms with E-state index in [1.807, 2.05) is 0 Å². The van der Waals surface area contributed by atoms with Crippen LogP contribution in [0.3, 0.4) is 0 Å². The van der Waals surface area contributed by atoms with Crippen LogP contribution in [0.4, 0.5) is 0 Å². The van der Waals surface area contributed by atoms with Gasteiger partial charge in [0, 0.05) is 5.92 Å². The molecule has 0 aromatic heterocycles. The summed E-state index contributed by atoms with van der Waals surface area (Å²) in [4.78, 5) is 0. The van der Waals surface area contributed by atoms with Crippen LogP contribution in [-0.2, 0) is 4.74 Å². The van der Waals surface area contributed by atoms with Gasteiger partial charge in [-0.3, -0.25) is 0 Å². The summed E-state index contributed by atoms with van der Waals surface area (Å²) in [7, 11) is 0. The van der Waals surface area contributed by atoms with Crippen LogP contribution < -0.4 is 0 Å². The Hall–Kier alpha value is -0.720. The Bertz CT molecular complexity index is 231. The van der Waals surface area contributed by atoms with Crippen molar-refractivity contribution in [3.63, 3.8) is 0 Å². The summed E-state index contributed by atoms with van der Waals surface area (Å²) < 4.78 is 5.31. The standard InChI is InChI=1S/C13H20O/c1-3-14-9-12-6-5-11-8-10(2)4-7-13(11)12/h3,5-6,10-13H,1,4,7-9H2,2H3. The van der Waals surface area contributed by atoms with Crippen LogP contribution >= 0.6 is 0 Å². The highest BCUT2D eigenvalue weighted by molar-refractivity contribution is 5.08. The highest BCUT2D eigenvalue weighted by atomic mass is 16.5. The molecule has 1 heteroatoms. The number of fused-ring (bicyclic) bond motifs is 1. The average molecular weight is 192 g/mol. The zero-order valence-corrected chi connectivity index (χ0v) is 8.99. The Labute approximate surface area is 86.8 Å². The van der Waals surface area contributed by atoms with Crippen LogP contribution in [0.15, 0.2) is 25.0 Å². The van der Waals surface area contributed by atoms with Gasteiger partial charge in [-0.2, -0.15) is 0 Å². The van der Waals surface area contributed by atoms with Gasteiger partial charge in [-0.15, -0.1) is 0 Å². The lowest BCUT2D eigenvalue weighted by Crippen LogP contribution is -2.25. The molecule has 2 aliphatic carbocycles. The third-order valence-corrected chi connectivity index (χ3v) is 3.78. The molecule has 0 aliphatic heterocycles. The van der Waals surface area contributed by atoms with Crippen molar-refractivity contribution in [2.75, 3.05) is 6.61 Å². The fraction of sp³-hybridized carbons (Fsp3) is 0.692. The Balaban J connectivity index is 1.91. The van der Waals surface area contributed by atoms with Crippen molar-refractivity contribution in [1.29, 1.82) is 0 Å². The molecule has 2 aliphatic rings. The van der Waals surface area contributed by atoms with Crippen LogP contribution in [0.5, 0.6) is 0 Å². The largest absolute Gasteiger partial charge is 0.501 e. The van der Waals surface area contributed by atoms with Crippen molar-refractivity contribution >= 4 is 0 Å². The maximum absolute atomic E-state index is 5.31. The molecule has 0 N–H and O–H groups in total. The van der Waals surface area contributed by atoms with E-state index in [1.165, 1.54) is 19.3 Å². The molecule has 0 saturated heterocycles. The van der Waals surface area contributed by atoms with Gasteiger partial charge < -0.3 is 4.74 Å². The third kappa shape index (κ3) is 1.87. The van der Waals surface area contributed by atoms with E-state index in [0.717, 1.165) is 24.4 Å². The number of allylic oxidation sites excluding steroid dienone is 1. The van der Waals surface area contributed by atoms with Crippen LogP contribution in [0.2, 0.25) is 0 Å². The fourth-order valence-electron chi connectivity index (χ4n) is 2.99. The normalized spacial score (nSPS) is 40.6. The van der Waals surface area contributed by atoms with Crippen LogP contribution in [0.1, 0.15) is 26.2 Å². The van der Waals surface area contributed by atoms with Gasteiger partial charge in [-0.05, 0) is 30.6 Å². The van der Waals surface area contributed by atoms with Gasteiger partial charge in [0.25, 0.3) is 0 Å². The number of hydrogen-bond donors (Lipinski definition) is 0. The first kappa shape index (κ1) is 9.82. The van der Waals surface area contributed by atoms with E-state index < -0.39 is 0 Å². The second-order valence-electron chi connectivity index (χ2n) is 4.79. The third-order valence-electron chi connectivity index (χ3n) is 3.78. The molecule has 0 aromatic carbocycles. The van der Waals surface area contributed by atoms with E-state index in [0.29, 0.717) is 5.92 Å². The molecule has 0 spiro atoms. The Morgan fingerprint density at radius 1 is 1.43 bits per heavy atom. The fourth-order valence-corrected chi connectivity index (χ4v) is 2.99. The smallest absolute Gasteiger partial charge is 0.0938 e. The second-order valence-corrected chi connectivity index (χ2v) is 4.79. The quantitative estimate of drug-likeness (QED) is 0.492. The summed E-state index contributed by atoms with van der Waals surface area (Å²) in [5, 5.41) is 0. The first-order valence-corrected chi connectivity index (χ1v) is 5.72. The van der Waals surface area contributed by atoms with Crippen molar-refractivity contribution < 1.29 is 4.74 Å². The first-order chi connectivity index (χ1) is 6.81. The molecular weight excluding hydrogens is 172 g/mol. The average Bonchev–Trinajstić information content (AvgIpc) is 2.57. The maximum atomic E-state index is 5.31. The van der Waals surface area contributed by atoms with Crippen molar-refractivity contribution in [3.8, 4) is 0 Å². The van der Waals surface area contributed by atoms with Crippen molar-refractivity contribution in [3.05, 3.63) is 25.0 Å². The predicted octanol–water partition coefficient (Wildman–Crippen LogP) is 3.38. The second kappa shape index (κ2) is 4.20. The lowest BCUT2D eigenvalue weighted by molar-refractivity contribution is 0.135. The van der Waals surface area contributed by atoms with Gasteiger partial charge in [-0.25, -0.2) is 0 Å². The Morgan fingerprint density at radius 3 is 3.07 bits per heavy atom. The predicted molar refractivity (Wildman–Crippen MR) is 58.8 cm³/mol. The van der Waals surface area contributed by atoms with E-state index in [2.05, 4.69) is 25.7 Å². The van der Waals surface area contributed by atoms with E-state index in [4.69, 9.17) is 4.74 Å². The highest BCUT2D eigenvalue weighted by Gasteiger charge is 2.35. The van der Waals surface area contributed by atoms with Crippen LogP contribution in [0.25, 0.3) is 0 Å². The molecule has 4 atom stereocenters. The molecule has 0 aromatic rings. The van der Waals surface area contributed by atoms with Crippen molar-refractivity contribution in [2.45, 2.75) is 26.2 Å². The first-order valence-electron chi connectivity index (χ1n) is 5.72. The minimum Gasteiger partial charge on any atom is -0.501 e. The van der Waals surface area contributed by atoms with E-state index in [9.17, 15) is 0 Å². The minimum absolute atomic E-state index is 0.644. The molecule has 0 radical (unpaired) electrons. The molecular formula is C13H20O. The highest BCUT2D eigenvalue weighted by Crippen LogP contribution is 2.43. The van der Waals surface area contributed by atoms with E-state index >= 15 is 0 Å². The molecule has 0 bridgehead atoms. The monoisotopic (exact) mass is 192 g/mol. The van der Waals surface area contributed by atoms with Crippen molar-refractivity contribution in [2.24, 2.45) is 23.7 Å². The van der Waals surface area contributed by atoms with Gasteiger partial charge in [0.15, 0.2) is 0 Å². The molecule has 0 amide bonds. The Morgan fingerprint density at radius 2 is 2.29 bits per heavy atom. The summed E-state index contributed by atoms with van der Waals surface area (Å²) in [6, 6.07) is 0. The number of ether oxygens (including phenoxy) is 1. The molecule has 1 saturated carbocycles. The molecule has 14 heavy (non-hydrogen) atoms. The SMILES string of the molecule is C=COCC1C=CC2CC(C)CCC12. The van der Waals surface area contributed by atoms with Gasteiger partial charge >= 0.3 is 0 Å². The summed E-state index contributed by atoms with van der Waals surface area (Å²) in [5.74, 6) is 3.24. The molecule has 1 nitrogen and oxygen atoms in total. The zero-order valence-electron chi connectivity index (χ0n) is 8.99. The molecule has 4 unspecified atom stereocenters. The lowest BCUT2D eigenvalue weighted by Gasteiger charge is -2.32. The molecule has 2 rings (SSSR count). The summed E-state index contributed by atoms with van der Waals surface area (Å²) >= 11 is 0. The zero-order chi connectivity index (χ0) is 9.97. The van der Waals surface area contributed by atoms with Crippen LogP contribution in [0, 0.1) is 23.7 Å². The van der Waals surface area contributed by atoms with Gasteiger partial charge in [-0.1, -0.05) is 32.1 Å². The van der Waals surface area contributed by atoms with E-state index in [-0.39, 0.29) is 0 Å². The summed E-state index contributed by atoms with van der Waals surface area (Å²) in [6.45, 7) is 6.79. The Kier molecular flexibility index (Phi) is 2.95. The topological polar surface area (TPSA) is 9.23 Å². The van der Waals surface area contributed by atoms with Gasteiger partial charge in [0.05, 0.1) is 12.9 Å². The van der Waals surface area contributed by atoms with Crippen LogP contribution in [-0.4, -0.2) is 6.61 Å². The lowest BCUT2D eigenvalue weighted by atomic mass is 9.73. The number of rotatable bonds is 3. The van der Waals surface area contributed by atoms with Crippen molar-refractivity contribution in [1.82, 2.24) is 0 Å². The van der Waals surface area contributed by atoms with E-state index in [1.54, 1.807) is 6.26 Å². The van der Waals surface area contributed by atoms with Gasteiger partial charge in [0.2, 0.25) is 0 Å². The molecule has 78 valence electrons. The van der Waals surface area contributed by atoms with Gasteiger partial charge in [0.1, 0.15) is 0 Å². The minimum atomic E-state index is 0.644. The maximum Gasteiger partial charge on any atom is 0.0938 e. The number of hydrogen-bond acceptors (Lipinski definition) is 1. The summed E-state index contributed by atoms with van der Waals surface area (Å²) in [5.41, 5.74) is 0. The molecule has 1 fully saturated rings. The summed E-state index contributed by atoms with van der Waals surface area (Å²) in [6.07, 6.45) is 10.5.